The molecule has 7 heterocycles. The third-order valence-electron chi connectivity index (χ3n) is 21.6. The molecule has 2 N–H and O–H groups in total. The van der Waals surface area contributed by atoms with Gasteiger partial charge in [0, 0.05) is 115 Å². The van der Waals surface area contributed by atoms with E-state index in [4.69, 9.17) is 56.5 Å². The maximum atomic E-state index is 11.6. The maximum Gasteiger partial charge on any atom is 1.00 e. The molecule has 3 aliphatic rings. The fourth-order valence-electron chi connectivity index (χ4n) is 14.8. The van der Waals surface area contributed by atoms with E-state index in [9.17, 15) is 77.8 Å². The Labute approximate surface area is 870 Å². The Kier molecular flexibility index (Phi) is 37.5. The van der Waals surface area contributed by atoms with Gasteiger partial charge in [0.05, 0.1) is 90.9 Å². The summed E-state index contributed by atoms with van der Waals surface area (Å²) in [5.41, 5.74) is 10.0. The molecule has 0 spiro atoms. The monoisotopic (exact) mass is 2270 g/mol. The summed E-state index contributed by atoms with van der Waals surface area (Å²) >= 11 is 37.3. The molecule has 0 fully saturated rings. The number of nitrogens with one attached hydrogen (secondary N) is 1. The van der Waals surface area contributed by atoms with Crippen LogP contribution in [0, 0.1) is 10.7 Å². The number of anilines is 3. The molecule has 0 aliphatic carbocycles. The number of fused-ring (bicyclic) bond motifs is 6. The number of rotatable bonds is 34. The van der Waals surface area contributed by atoms with Crippen LogP contribution in [0.1, 0.15) is 100 Å². The van der Waals surface area contributed by atoms with Gasteiger partial charge in [-0.3, -0.25) is 4.55 Å². The van der Waals surface area contributed by atoms with E-state index in [1.807, 2.05) is 178 Å². The van der Waals surface area contributed by atoms with E-state index in [0.717, 1.165) is 117 Å². The number of hydrogen-bond acceptors (Lipinski definition) is 28. The number of ether oxygens (including phenoxy) is 2. The fraction of sp³-hybridized carbons (Fsp3) is 0.289. The van der Waals surface area contributed by atoms with Crippen LogP contribution in [-0.4, -0.2) is 141 Å². The number of unbranched alkanes of at least 4 members (excludes halogenated alkanes) is 4. The van der Waals surface area contributed by atoms with Gasteiger partial charge in [-0.25, -0.2) is 42.1 Å². The molecular weight excluding hydrogens is 2180 g/mol. The van der Waals surface area contributed by atoms with Crippen molar-refractivity contribution >= 4 is 251 Å². The van der Waals surface area contributed by atoms with Crippen LogP contribution in [0.2, 0.25) is 15.1 Å². The number of H-pyrrole nitrogens is 1. The van der Waals surface area contributed by atoms with Gasteiger partial charge in [-0.2, -0.15) is 22.1 Å². The van der Waals surface area contributed by atoms with Crippen molar-refractivity contribution in [3.05, 3.63) is 249 Å². The Morgan fingerprint density at radius 1 is 0.474 bits per heavy atom. The summed E-state index contributed by atoms with van der Waals surface area (Å²) in [5.74, 6) is 1.23. The molecule has 137 heavy (non-hydrogen) atoms. The number of tetrazole rings is 1. The number of hydrogen-bond donors (Lipinski definition) is 2. The number of thioether (sulfide) groups is 1. The minimum atomic E-state index is -4.48. The average molecular weight is 2270 g/mol. The molecule has 3 aliphatic heterocycles. The molecule has 1 atom stereocenters. The maximum absolute atomic E-state index is 11.6. The van der Waals surface area contributed by atoms with Crippen molar-refractivity contribution in [3.8, 4) is 39.4 Å². The molecule has 0 bridgehead atoms. The number of aryl methyl sites for hydroxylation is 4. The molecule has 9 aromatic carbocycles. The van der Waals surface area contributed by atoms with Gasteiger partial charge in [0.25, 0.3) is 25.1 Å². The first-order valence-electron chi connectivity index (χ1n) is 42.3. The Hall–Kier alpha value is -7.20. The van der Waals surface area contributed by atoms with Crippen LogP contribution in [0.5, 0.6) is 11.5 Å². The van der Waals surface area contributed by atoms with Crippen molar-refractivity contribution in [1.82, 2.24) is 15.0 Å². The van der Waals surface area contributed by atoms with Gasteiger partial charge in [0.1, 0.15) is 31.3 Å². The average Bonchev–Trinajstić information content (AvgIpc) is 1.63. The number of benzene rings is 9. The third-order valence-corrected chi connectivity index (χ3v) is 33.3. The molecule has 1 unspecified atom stereocenters. The molecule has 30 nitrogen and oxygen atoms in total. The molecule has 0 saturated heterocycles. The van der Waals surface area contributed by atoms with Gasteiger partial charge in [0.15, 0.2) is 36.8 Å². The van der Waals surface area contributed by atoms with E-state index < -0.39 is 89.0 Å². The second kappa shape index (κ2) is 47.3. The first-order valence-corrected chi connectivity index (χ1v) is 57.9. The summed E-state index contributed by atoms with van der Waals surface area (Å²) in [6.07, 6.45) is 10.1. The summed E-state index contributed by atoms with van der Waals surface area (Å²) in [5, 5.41) is 11.5. The molecular formula is C90H90Br2Cl3N10NaO20S11. The van der Waals surface area contributed by atoms with Crippen molar-refractivity contribution in [1.29, 1.82) is 0 Å². The first kappa shape index (κ1) is 109. The SMILES string of the molecule is CC(C)CCN1C(=Cc2sc3ccc(Cl)cc3[n+]2CCC(C)S(=O)(=O)O)Sc2ccc(Cl)cc21.C[n+]1nc(=S)n(-c2cccc(S(=O)(=O)[O-])c2)[nH]1.O=S(=O)([O-])CCCCN1/C(=C/c2sc3ccc(Br)cc3[n+]2CCCCS(=O)(=O)[O-])Oc2ccc(-c3ccc(Br)cc3)cc21.O=S(=O)([O-])CCCCN1/C(=C/c2sc3ccc(Cl)cc3[n+]2CCCCS(=O)(=O)[O-])Oc2ccc(-c3ccccc3)cc21.[Na+]. The van der Waals surface area contributed by atoms with Gasteiger partial charge in [-0.15, -0.1) is 0 Å². The third kappa shape index (κ3) is 30.4. The van der Waals surface area contributed by atoms with Crippen LogP contribution < -0.4 is 72.2 Å². The summed E-state index contributed by atoms with van der Waals surface area (Å²) in [6.45, 7) is 9.07. The number of halogens is 5. The van der Waals surface area contributed by atoms with Crippen molar-refractivity contribution in [2.24, 2.45) is 13.0 Å². The Balaban J connectivity index is 0.000000170. The Bertz CT molecular complexity index is 7530. The number of aromatic nitrogens is 7. The summed E-state index contributed by atoms with van der Waals surface area (Å²) in [7, 11) is -24.1. The quantitative estimate of drug-likeness (QED) is 0.0124. The van der Waals surface area contributed by atoms with Crippen LogP contribution in [0.3, 0.4) is 0 Å². The van der Waals surface area contributed by atoms with Crippen molar-refractivity contribution < 1.29 is 135 Å². The normalized spacial score (nSPS) is 14.4. The van der Waals surface area contributed by atoms with Crippen molar-refractivity contribution in [2.75, 3.05) is 57.3 Å². The Morgan fingerprint density at radius 3 is 1.39 bits per heavy atom. The van der Waals surface area contributed by atoms with Crippen molar-refractivity contribution in [2.45, 2.75) is 120 Å². The van der Waals surface area contributed by atoms with E-state index >= 15 is 0 Å². The molecule has 0 amide bonds. The predicted octanol–water partition coefficient (Wildman–Crippen LogP) is 15.4. The van der Waals surface area contributed by atoms with E-state index in [1.54, 1.807) is 53.6 Å². The fourth-order valence-corrected chi connectivity index (χ4v) is 23.8. The van der Waals surface area contributed by atoms with E-state index in [-0.39, 0.29) is 71.3 Å². The largest absolute Gasteiger partial charge is 1.00 e. The predicted molar refractivity (Wildman–Crippen MR) is 538 cm³/mol. The number of aromatic amines is 1. The topological polar surface area (TPSA) is 418 Å². The molecule has 722 valence electrons. The zero-order valence-corrected chi connectivity index (χ0v) is 90.5. The second-order valence-electron chi connectivity index (χ2n) is 32.1. The first-order chi connectivity index (χ1) is 64.2. The standard InChI is InChI=1S/C29H28Br2N2O7S3.C29H29ClN2O7S3.C24H26Cl2N2O3S3.C8H8N4O3S2.Na/c30-22-8-5-20(6-9-22)21-7-11-26-24(17-21)32(13-1-3-15-42(34,35)36)28(40-26)19-29-33(14-2-4-16-43(37,38)39)25-18-23(31)10-12-27(25)41-29;30-23-11-13-27-25(19-23)32(15-5-7-17-42(36,37)38)29(40-27)20-28-31(14-4-6-16-41(33,34)35)24-18-22(10-12-26(24)39-28)21-8-2-1-3-9-21;1-15(2)8-10-27-19-12-17(25)4-6-21(19)32-23(27)14-24-28(11-9-16(3)34(29,30)31)20-13-18(26)5-7-22(20)33-24;1-11-9-8(16)12(10-11)6-3-2-4-7(5-6)17(13,14)15;/h5-12,17-19H,1-4,13-16H2,(H-,34,35,36,37,38,39);1-3,8-13,18-20H,4-7,14-17H2,(H-,33,34,35,36,37,38);4-7,12-16H,8-11H2,1-3H3;2-5H,1H3,(H-,9,10,13,14,15,16);/q;;;;+1/p-1. The van der Waals surface area contributed by atoms with Crippen molar-refractivity contribution in [3.63, 3.8) is 0 Å². The molecule has 16 rings (SSSR count). The van der Waals surface area contributed by atoms with Crippen LogP contribution in [0.4, 0.5) is 17.1 Å². The van der Waals surface area contributed by atoms with E-state index in [1.165, 1.54) is 45.9 Å². The summed E-state index contributed by atoms with van der Waals surface area (Å²) in [4.78, 5) is 8.51. The minimum absolute atomic E-state index is 0. The molecule has 4 aromatic heterocycles. The zero-order chi connectivity index (χ0) is 97.9. The van der Waals surface area contributed by atoms with E-state index in [2.05, 4.69) is 82.2 Å². The molecule has 13 aromatic rings. The molecule has 0 saturated carbocycles. The molecule has 47 heteroatoms. The van der Waals surface area contributed by atoms with Gasteiger partial charge < -0.3 is 46.9 Å². The number of nitrogens with zero attached hydrogens (tertiary/aromatic N) is 9. The minimum Gasteiger partial charge on any atom is -0.748 e. The summed E-state index contributed by atoms with van der Waals surface area (Å²) < 4.78 is 225. The number of thiazole rings is 3. The van der Waals surface area contributed by atoms with Crippen LogP contribution in [0.15, 0.2) is 224 Å². The smallest absolute Gasteiger partial charge is 0.748 e. The van der Waals surface area contributed by atoms with Crippen LogP contribution in [-0.2, 0) is 87.4 Å². The van der Waals surface area contributed by atoms with Gasteiger partial charge >= 0.3 is 34.3 Å². The Morgan fingerprint density at radius 2 is 0.920 bits per heavy atom. The van der Waals surface area contributed by atoms with Crippen LogP contribution >= 0.6 is 125 Å². The zero-order valence-electron chi connectivity index (χ0n) is 74.0. The second-order valence-corrected chi connectivity index (χ2v) is 49.2. The van der Waals surface area contributed by atoms with Gasteiger partial charge in [-0.1, -0.05) is 202 Å². The summed E-state index contributed by atoms with van der Waals surface area (Å²) in [6, 6.07) is 58.5. The van der Waals surface area contributed by atoms with Crippen LogP contribution in [0.25, 0.3) is 76.8 Å². The van der Waals surface area contributed by atoms with E-state index in [0.29, 0.717) is 108 Å². The van der Waals surface area contributed by atoms with Gasteiger partial charge in [0.2, 0.25) is 28.3 Å². The van der Waals surface area contributed by atoms with Gasteiger partial charge in [-0.05, 0) is 200 Å². The molecule has 0 radical (unpaired) electrons.